The van der Waals surface area contributed by atoms with Crippen LogP contribution in [0.3, 0.4) is 0 Å². The van der Waals surface area contributed by atoms with Crippen LogP contribution in [0, 0.1) is 13.8 Å². The normalized spacial score (nSPS) is 11.3. The second kappa shape index (κ2) is 9.08. The number of anilines is 3. The van der Waals surface area contributed by atoms with Gasteiger partial charge < -0.3 is 14.6 Å². The van der Waals surface area contributed by atoms with Crippen molar-refractivity contribution in [3.63, 3.8) is 0 Å². The molecule has 33 heavy (non-hydrogen) atoms. The van der Waals surface area contributed by atoms with Gasteiger partial charge in [-0.15, -0.1) is 0 Å². The van der Waals surface area contributed by atoms with Gasteiger partial charge in [0.25, 0.3) is 10.0 Å². The highest BCUT2D eigenvalue weighted by atomic mass is 35.5. The number of aromatic nitrogens is 3. The summed E-state index contributed by atoms with van der Waals surface area (Å²) in [7, 11) is -2.28. The topological polar surface area (TPSA) is 119 Å². The molecule has 0 saturated heterocycles. The van der Waals surface area contributed by atoms with Gasteiger partial charge in [0.2, 0.25) is 11.8 Å². The minimum atomic E-state index is -3.84. The molecule has 9 nitrogen and oxygen atoms in total. The van der Waals surface area contributed by atoms with Crippen LogP contribution in [0.5, 0.6) is 5.75 Å². The molecule has 4 aromatic rings. The van der Waals surface area contributed by atoms with E-state index in [9.17, 15) is 8.42 Å². The van der Waals surface area contributed by atoms with E-state index in [1.807, 2.05) is 0 Å². The second-order valence-electron chi connectivity index (χ2n) is 7.06. The molecule has 2 heterocycles. The summed E-state index contributed by atoms with van der Waals surface area (Å²) in [4.78, 5) is 8.81. The van der Waals surface area contributed by atoms with E-state index < -0.39 is 10.0 Å². The Kier molecular flexibility index (Phi) is 6.21. The lowest BCUT2D eigenvalue weighted by Gasteiger charge is -2.11. The molecule has 0 amide bonds. The van der Waals surface area contributed by atoms with Gasteiger partial charge in [0.1, 0.15) is 5.75 Å². The lowest BCUT2D eigenvalue weighted by Crippen LogP contribution is -2.13. The second-order valence-corrected chi connectivity index (χ2v) is 9.15. The average Bonchev–Trinajstić information content (AvgIpc) is 3.11. The SMILES string of the molecule is COc1cccc(Cl)c1-c1ccnc(Nc2ccc(S(=O)(=O)Nc3onc(C)c3C)cc2)n1. The Morgan fingerprint density at radius 3 is 2.48 bits per heavy atom. The Morgan fingerprint density at radius 2 is 1.82 bits per heavy atom. The molecule has 0 spiro atoms. The summed E-state index contributed by atoms with van der Waals surface area (Å²) >= 11 is 6.35. The van der Waals surface area contributed by atoms with E-state index in [2.05, 4.69) is 25.2 Å². The van der Waals surface area contributed by atoms with Gasteiger partial charge in [0.15, 0.2) is 0 Å². The molecule has 0 aliphatic heterocycles. The van der Waals surface area contributed by atoms with Crippen molar-refractivity contribution in [2.45, 2.75) is 18.7 Å². The lowest BCUT2D eigenvalue weighted by molar-refractivity contribution is 0.416. The van der Waals surface area contributed by atoms with Crippen molar-refractivity contribution >= 4 is 39.1 Å². The fourth-order valence-electron chi connectivity index (χ4n) is 3.02. The molecule has 0 saturated carbocycles. The smallest absolute Gasteiger partial charge is 0.264 e. The van der Waals surface area contributed by atoms with E-state index >= 15 is 0 Å². The van der Waals surface area contributed by atoms with Crippen LogP contribution in [-0.4, -0.2) is 30.7 Å². The summed E-state index contributed by atoms with van der Waals surface area (Å²) < 4.78 is 38.2. The van der Waals surface area contributed by atoms with E-state index in [0.717, 1.165) is 0 Å². The highest BCUT2D eigenvalue weighted by Crippen LogP contribution is 2.35. The van der Waals surface area contributed by atoms with Gasteiger partial charge in [-0.1, -0.05) is 22.8 Å². The van der Waals surface area contributed by atoms with Gasteiger partial charge in [-0.05, 0) is 56.3 Å². The number of aryl methyl sites for hydroxylation is 1. The Labute approximate surface area is 195 Å². The Hall–Kier alpha value is -3.63. The third kappa shape index (κ3) is 4.76. The predicted octanol–water partition coefficient (Wildman–Crippen LogP) is 4.95. The number of hydrogen-bond acceptors (Lipinski definition) is 8. The number of nitrogens with zero attached hydrogens (tertiary/aromatic N) is 3. The molecule has 0 atom stereocenters. The first-order valence-corrected chi connectivity index (χ1v) is 11.6. The zero-order valence-electron chi connectivity index (χ0n) is 18.0. The summed E-state index contributed by atoms with van der Waals surface area (Å²) in [5.41, 5.74) is 3.07. The van der Waals surface area contributed by atoms with Crippen LogP contribution in [0.25, 0.3) is 11.3 Å². The molecule has 2 aromatic carbocycles. The fourth-order valence-corrected chi connectivity index (χ4v) is 4.33. The van der Waals surface area contributed by atoms with E-state index in [1.54, 1.807) is 63.6 Å². The molecule has 4 rings (SSSR count). The first kappa shape index (κ1) is 22.6. The summed E-state index contributed by atoms with van der Waals surface area (Å²) in [6.45, 7) is 3.46. The third-order valence-corrected chi connectivity index (χ3v) is 6.57. The number of nitrogens with one attached hydrogen (secondary N) is 2. The minimum Gasteiger partial charge on any atom is -0.496 e. The van der Waals surface area contributed by atoms with Gasteiger partial charge in [0, 0.05) is 17.4 Å². The maximum absolute atomic E-state index is 12.7. The van der Waals surface area contributed by atoms with Crippen LogP contribution in [-0.2, 0) is 10.0 Å². The molecule has 0 aliphatic carbocycles. The first-order valence-electron chi connectivity index (χ1n) is 9.77. The zero-order chi connectivity index (χ0) is 23.6. The molecule has 0 aliphatic rings. The highest BCUT2D eigenvalue weighted by molar-refractivity contribution is 7.92. The largest absolute Gasteiger partial charge is 0.496 e. The third-order valence-electron chi connectivity index (χ3n) is 4.91. The standard InChI is InChI=1S/C22H20ClN5O4S/c1-13-14(2)27-32-21(13)28-33(29,30)16-9-7-15(8-10-16)25-22-24-12-11-18(26-22)20-17(23)5-4-6-19(20)31-3/h4-12,28H,1-3H3,(H,24,25,26). The van der Waals surface area contributed by atoms with Gasteiger partial charge in [-0.3, -0.25) is 0 Å². The molecular formula is C22H20ClN5O4S. The summed E-state index contributed by atoms with van der Waals surface area (Å²) in [6.07, 6.45) is 1.60. The summed E-state index contributed by atoms with van der Waals surface area (Å²) in [6, 6.07) is 13.2. The number of ether oxygens (including phenoxy) is 1. The molecule has 2 N–H and O–H groups in total. The van der Waals surface area contributed by atoms with Gasteiger partial charge >= 0.3 is 0 Å². The van der Waals surface area contributed by atoms with E-state index in [-0.39, 0.29) is 10.8 Å². The van der Waals surface area contributed by atoms with E-state index in [0.29, 0.717) is 44.9 Å². The van der Waals surface area contributed by atoms with Crippen molar-refractivity contribution in [2.24, 2.45) is 0 Å². The molecule has 0 unspecified atom stereocenters. The molecule has 0 fully saturated rings. The fraction of sp³-hybridized carbons (Fsp3) is 0.136. The maximum Gasteiger partial charge on any atom is 0.264 e. The molecule has 0 bridgehead atoms. The van der Waals surface area contributed by atoms with Crippen LogP contribution in [0.15, 0.2) is 64.1 Å². The quantitative estimate of drug-likeness (QED) is 0.377. The van der Waals surface area contributed by atoms with E-state index in [4.69, 9.17) is 20.9 Å². The van der Waals surface area contributed by atoms with Gasteiger partial charge in [-0.2, -0.15) is 0 Å². The van der Waals surface area contributed by atoms with Crippen molar-refractivity contribution in [2.75, 3.05) is 17.1 Å². The molecule has 0 radical (unpaired) electrons. The number of halogens is 1. The summed E-state index contributed by atoms with van der Waals surface area (Å²) in [5.74, 6) is 0.997. The highest BCUT2D eigenvalue weighted by Gasteiger charge is 2.19. The number of rotatable bonds is 7. The number of sulfonamides is 1. The number of benzene rings is 2. The van der Waals surface area contributed by atoms with Gasteiger partial charge in [0.05, 0.1) is 34.0 Å². The molecule has 2 aromatic heterocycles. The summed E-state index contributed by atoms with van der Waals surface area (Å²) in [5, 5.41) is 7.32. The zero-order valence-corrected chi connectivity index (χ0v) is 19.5. The predicted molar refractivity (Wildman–Crippen MR) is 126 cm³/mol. The Balaban J connectivity index is 1.54. The van der Waals surface area contributed by atoms with Crippen LogP contribution in [0.2, 0.25) is 5.02 Å². The number of hydrogen-bond donors (Lipinski definition) is 2. The average molecular weight is 486 g/mol. The van der Waals surface area contributed by atoms with Crippen molar-refractivity contribution in [1.29, 1.82) is 0 Å². The monoisotopic (exact) mass is 485 g/mol. The number of methoxy groups -OCH3 is 1. The van der Waals surface area contributed by atoms with Crippen LogP contribution in [0.1, 0.15) is 11.3 Å². The molecule has 170 valence electrons. The van der Waals surface area contributed by atoms with Crippen LogP contribution < -0.4 is 14.8 Å². The van der Waals surface area contributed by atoms with Crippen molar-refractivity contribution < 1.29 is 17.7 Å². The Bertz CT molecular complexity index is 1400. The minimum absolute atomic E-state index is 0.0666. The van der Waals surface area contributed by atoms with E-state index in [1.165, 1.54) is 12.1 Å². The van der Waals surface area contributed by atoms with Crippen LogP contribution in [0.4, 0.5) is 17.5 Å². The molecule has 11 heteroatoms. The van der Waals surface area contributed by atoms with Crippen molar-refractivity contribution in [3.05, 3.63) is 71.0 Å². The van der Waals surface area contributed by atoms with Gasteiger partial charge in [-0.25, -0.2) is 23.1 Å². The lowest BCUT2D eigenvalue weighted by atomic mass is 10.1. The Morgan fingerprint density at radius 1 is 1.06 bits per heavy atom. The maximum atomic E-state index is 12.7. The first-order chi connectivity index (χ1) is 15.8. The molecular weight excluding hydrogens is 466 g/mol. The van der Waals surface area contributed by atoms with Crippen LogP contribution >= 0.6 is 11.6 Å². The van der Waals surface area contributed by atoms with Crippen molar-refractivity contribution in [1.82, 2.24) is 15.1 Å². The van der Waals surface area contributed by atoms with Crippen molar-refractivity contribution in [3.8, 4) is 17.0 Å².